The van der Waals surface area contributed by atoms with Crippen LogP contribution in [-0.2, 0) is 14.8 Å². The Hall–Kier alpha value is -1.44. The van der Waals surface area contributed by atoms with Gasteiger partial charge in [-0.3, -0.25) is 4.79 Å². The molecule has 0 spiro atoms. The van der Waals surface area contributed by atoms with Crippen molar-refractivity contribution in [3.05, 3.63) is 29.3 Å². The maximum absolute atomic E-state index is 12.4. The quantitative estimate of drug-likeness (QED) is 0.824. The van der Waals surface area contributed by atoms with Crippen LogP contribution in [0.1, 0.15) is 42.6 Å². The molecule has 0 saturated carbocycles. The molecule has 1 aromatic carbocycles. The first-order chi connectivity index (χ1) is 10.8. The molecule has 0 aliphatic carbocycles. The Morgan fingerprint density at radius 2 is 2.13 bits per heavy atom. The van der Waals surface area contributed by atoms with Gasteiger partial charge in [-0.2, -0.15) is 0 Å². The predicted octanol–water partition coefficient (Wildman–Crippen LogP) is 1.59. The molecule has 6 nitrogen and oxygen atoms in total. The van der Waals surface area contributed by atoms with E-state index in [1.807, 2.05) is 13.8 Å². The fourth-order valence-electron chi connectivity index (χ4n) is 2.44. The van der Waals surface area contributed by atoms with Gasteiger partial charge in [0.1, 0.15) is 0 Å². The number of benzene rings is 1. The van der Waals surface area contributed by atoms with Gasteiger partial charge >= 0.3 is 0 Å². The van der Waals surface area contributed by atoms with E-state index < -0.39 is 10.0 Å². The van der Waals surface area contributed by atoms with Gasteiger partial charge in [-0.1, -0.05) is 6.07 Å². The SMILES string of the molecule is Cc1ccc(S(=O)(=O)NC[C@@H]2CCCO2)cc1C(=O)NC(C)C. The lowest BCUT2D eigenvalue weighted by molar-refractivity contribution is 0.0942. The maximum Gasteiger partial charge on any atom is 0.251 e. The summed E-state index contributed by atoms with van der Waals surface area (Å²) in [7, 11) is -3.66. The van der Waals surface area contributed by atoms with Crippen LogP contribution in [0.3, 0.4) is 0 Å². The van der Waals surface area contributed by atoms with Crippen molar-refractivity contribution < 1.29 is 17.9 Å². The Kier molecular flexibility index (Phi) is 5.78. The van der Waals surface area contributed by atoms with E-state index >= 15 is 0 Å². The lowest BCUT2D eigenvalue weighted by Crippen LogP contribution is -2.33. The van der Waals surface area contributed by atoms with E-state index in [0.717, 1.165) is 18.4 Å². The van der Waals surface area contributed by atoms with E-state index in [9.17, 15) is 13.2 Å². The highest BCUT2D eigenvalue weighted by Gasteiger charge is 2.22. The third-order valence-corrected chi connectivity index (χ3v) is 5.13. The molecule has 1 saturated heterocycles. The summed E-state index contributed by atoms with van der Waals surface area (Å²) in [5, 5.41) is 2.78. The molecule has 23 heavy (non-hydrogen) atoms. The second kappa shape index (κ2) is 7.42. The van der Waals surface area contributed by atoms with Crippen LogP contribution in [0.25, 0.3) is 0 Å². The Morgan fingerprint density at radius 1 is 1.39 bits per heavy atom. The summed E-state index contributed by atoms with van der Waals surface area (Å²) in [6.07, 6.45) is 1.74. The third kappa shape index (κ3) is 4.76. The number of hydrogen-bond donors (Lipinski definition) is 2. The summed E-state index contributed by atoms with van der Waals surface area (Å²) in [6, 6.07) is 4.57. The molecule has 1 fully saturated rings. The Labute approximate surface area is 137 Å². The van der Waals surface area contributed by atoms with E-state index in [2.05, 4.69) is 10.0 Å². The number of aryl methyl sites for hydroxylation is 1. The molecule has 1 aromatic rings. The monoisotopic (exact) mass is 340 g/mol. The molecular weight excluding hydrogens is 316 g/mol. The Balaban J connectivity index is 2.16. The van der Waals surface area contributed by atoms with Gasteiger partial charge in [-0.05, 0) is 51.3 Å². The Bertz CT molecular complexity index is 665. The summed E-state index contributed by atoms with van der Waals surface area (Å²) in [6.45, 7) is 6.43. The zero-order valence-corrected chi connectivity index (χ0v) is 14.6. The molecule has 0 bridgehead atoms. The van der Waals surface area contributed by atoms with Crippen molar-refractivity contribution in [3.63, 3.8) is 0 Å². The fourth-order valence-corrected chi connectivity index (χ4v) is 3.54. The smallest absolute Gasteiger partial charge is 0.251 e. The van der Waals surface area contributed by atoms with Crippen molar-refractivity contribution in [2.45, 2.75) is 50.7 Å². The van der Waals surface area contributed by atoms with E-state index in [1.165, 1.54) is 12.1 Å². The molecule has 1 aliphatic rings. The lowest BCUT2D eigenvalue weighted by Gasteiger charge is -2.14. The number of carbonyl (C=O) groups excluding carboxylic acids is 1. The molecule has 1 amide bonds. The highest BCUT2D eigenvalue weighted by atomic mass is 32.2. The van der Waals surface area contributed by atoms with Gasteiger partial charge < -0.3 is 10.1 Å². The summed E-state index contributed by atoms with van der Waals surface area (Å²) in [5.41, 5.74) is 1.11. The molecule has 2 rings (SSSR count). The molecule has 1 heterocycles. The number of sulfonamides is 1. The van der Waals surface area contributed by atoms with Crippen LogP contribution < -0.4 is 10.0 Å². The number of hydrogen-bond acceptors (Lipinski definition) is 4. The van der Waals surface area contributed by atoms with Crippen LogP contribution in [0.4, 0.5) is 0 Å². The summed E-state index contributed by atoms with van der Waals surface area (Å²) < 4.78 is 32.8. The first-order valence-corrected chi connectivity index (χ1v) is 9.30. The van der Waals surface area contributed by atoms with Crippen molar-refractivity contribution in [1.82, 2.24) is 10.0 Å². The lowest BCUT2D eigenvalue weighted by atomic mass is 10.1. The second-order valence-corrected chi connectivity index (χ2v) is 7.86. The largest absolute Gasteiger partial charge is 0.377 e. The third-order valence-electron chi connectivity index (χ3n) is 3.71. The minimum Gasteiger partial charge on any atom is -0.377 e. The normalized spacial score (nSPS) is 18.3. The first-order valence-electron chi connectivity index (χ1n) is 7.82. The van der Waals surface area contributed by atoms with Crippen molar-refractivity contribution in [1.29, 1.82) is 0 Å². The number of ether oxygens (including phenoxy) is 1. The van der Waals surface area contributed by atoms with E-state index in [0.29, 0.717) is 12.2 Å². The first kappa shape index (κ1) is 17.9. The van der Waals surface area contributed by atoms with Crippen molar-refractivity contribution in [2.24, 2.45) is 0 Å². The zero-order chi connectivity index (χ0) is 17.0. The van der Waals surface area contributed by atoms with Gasteiger partial charge in [-0.25, -0.2) is 13.1 Å². The van der Waals surface area contributed by atoms with Crippen LogP contribution in [-0.4, -0.2) is 39.6 Å². The van der Waals surface area contributed by atoms with Gasteiger partial charge in [0.15, 0.2) is 0 Å². The summed E-state index contributed by atoms with van der Waals surface area (Å²) in [5.74, 6) is -0.270. The standard InChI is InChI=1S/C16H24N2O4S/c1-11(2)18-16(19)15-9-14(7-6-12(15)3)23(20,21)17-10-13-5-4-8-22-13/h6-7,9,11,13,17H,4-5,8,10H2,1-3H3,(H,18,19)/t13-/m0/s1. The van der Waals surface area contributed by atoms with Crippen LogP contribution in [0, 0.1) is 6.92 Å². The minimum absolute atomic E-state index is 0.0141. The maximum atomic E-state index is 12.4. The summed E-state index contributed by atoms with van der Waals surface area (Å²) >= 11 is 0. The average Bonchev–Trinajstić information content (AvgIpc) is 2.98. The Morgan fingerprint density at radius 3 is 2.74 bits per heavy atom. The van der Waals surface area contributed by atoms with Crippen LogP contribution in [0.15, 0.2) is 23.1 Å². The molecule has 0 radical (unpaired) electrons. The number of nitrogens with one attached hydrogen (secondary N) is 2. The number of carbonyl (C=O) groups is 1. The van der Waals surface area contributed by atoms with Crippen molar-refractivity contribution >= 4 is 15.9 Å². The summed E-state index contributed by atoms with van der Waals surface area (Å²) in [4.78, 5) is 12.3. The predicted molar refractivity (Wildman–Crippen MR) is 87.9 cm³/mol. The van der Waals surface area contributed by atoms with Gasteiger partial charge in [0.25, 0.3) is 5.91 Å². The molecule has 7 heteroatoms. The number of amides is 1. The highest BCUT2D eigenvalue weighted by molar-refractivity contribution is 7.89. The highest BCUT2D eigenvalue weighted by Crippen LogP contribution is 2.17. The zero-order valence-electron chi connectivity index (χ0n) is 13.8. The van der Waals surface area contributed by atoms with Gasteiger partial charge in [-0.15, -0.1) is 0 Å². The topological polar surface area (TPSA) is 84.5 Å². The van der Waals surface area contributed by atoms with Gasteiger partial charge in [0.05, 0.1) is 11.0 Å². The van der Waals surface area contributed by atoms with Gasteiger partial charge in [0, 0.05) is 24.8 Å². The molecule has 128 valence electrons. The fraction of sp³-hybridized carbons (Fsp3) is 0.562. The molecular formula is C16H24N2O4S. The van der Waals surface area contributed by atoms with Crippen molar-refractivity contribution in [2.75, 3.05) is 13.2 Å². The molecule has 0 aromatic heterocycles. The van der Waals surface area contributed by atoms with Crippen LogP contribution in [0.2, 0.25) is 0 Å². The van der Waals surface area contributed by atoms with E-state index in [4.69, 9.17) is 4.74 Å². The van der Waals surface area contributed by atoms with Crippen molar-refractivity contribution in [3.8, 4) is 0 Å². The molecule has 2 N–H and O–H groups in total. The second-order valence-electron chi connectivity index (χ2n) is 6.09. The minimum atomic E-state index is -3.66. The van der Waals surface area contributed by atoms with Crippen LogP contribution >= 0.6 is 0 Å². The number of rotatable bonds is 6. The molecule has 0 unspecified atom stereocenters. The molecule has 1 atom stereocenters. The van der Waals surface area contributed by atoms with E-state index in [1.54, 1.807) is 13.0 Å². The average molecular weight is 340 g/mol. The van der Waals surface area contributed by atoms with E-state index in [-0.39, 0.29) is 29.5 Å². The van der Waals surface area contributed by atoms with Crippen LogP contribution in [0.5, 0.6) is 0 Å². The van der Waals surface area contributed by atoms with Gasteiger partial charge in [0.2, 0.25) is 10.0 Å². The molecule has 1 aliphatic heterocycles.